The van der Waals surface area contributed by atoms with Gasteiger partial charge in [0.15, 0.2) is 0 Å². The predicted octanol–water partition coefficient (Wildman–Crippen LogP) is -0.723. The second-order valence-electron chi connectivity index (χ2n) is 7.79. The fourth-order valence-electron chi connectivity index (χ4n) is 3.20. The summed E-state index contributed by atoms with van der Waals surface area (Å²) < 4.78 is 0. The van der Waals surface area contributed by atoms with Crippen molar-refractivity contribution < 1.29 is 39.6 Å². The molecule has 0 aromatic heterocycles. The topological polar surface area (TPSA) is 161 Å². The quantitative estimate of drug-likeness (QED) is 0.198. The Balaban J connectivity index is -0.000000250. The van der Waals surface area contributed by atoms with Crippen molar-refractivity contribution >= 4 is 70.0 Å². The number of unbranched alkanes of at least 4 members (excludes halogenated alkanes) is 2. The van der Waals surface area contributed by atoms with Gasteiger partial charge in [-0.15, -0.1) is 0 Å². The van der Waals surface area contributed by atoms with Gasteiger partial charge in [0.05, 0.1) is 23.9 Å². The molecule has 34 heavy (non-hydrogen) atoms. The van der Waals surface area contributed by atoms with E-state index in [-0.39, 0.29) is 81.9 Å². The Morgan fingerprint density at radius 2 is 0.912 bits per heavy atom. The first kappa shape index (κ1) is 40.1. The third-order valence-corrected chi connectivity index (χ3v) is 5.21. The van der Waals surface area contributed by atoms with Crippen LogP contribution in [0.2, 0.25) is 0 Å². The Hall–Kier alpha value is -1.11. The summed E-state index contributed by atoms with van der Waals surface area (Å²) in [5.41, 5.74) is -0.356. The number of rotatable bonds is 16. The Bertz CT molecular complexity index is 603. The Kier molecular flexibility index (Phi) is 29.5. The van der Waals surface area contributed by atoms with Crippen LogP contribution in [0.15, 0.2) is 23.3 Å². The summed E-state index contributed by atoms with van der Waals surface area (Å²) in [5, 5.41) is 42.0. The molecule has 0 fully saturated rings. The van der Waals surface area contributed by atoms with Gasteiger partial charge in [-0.1, -0.05) is 79.1 Å². The molecular formula is C24H36Mg2O8. The molecule has 0 radical (unpaired) electrons. The smallest absolute Gasteiger partial charge is 0.545 e. The van der Waals surface area contributed by atoms with E-state index in [1.807, 2.05) is 13.8 Å². The van der Waals surface area contributed by atoms with E-state index in [0.717, 1.165) is 51.4 Å². The minimum Gasteiger partial charge on any atom is -0.545 e. The maximum absolute atomic E-state index is 10.7. The van der Waals surface area contributed by atoms with Crippen LogP contribution < -0.4 is 20.4 Å². The molecule has 0 rings (SSSR count). The monoisotopic (exact) mass is 500 g/mol. The number of carboxylic acid groups (broad SMARTS) is 4. The van der Waals surface area contributed by atoms with Crippen LogP contribution in [0.3, 0.4) is 0 Å². The number of carboxylic acids is 4. The number of aliphatic carboxylic acids is 4. The molecule has 0 aliphatic rings. The molecule has 0 heterocycles. The van der Waals surface area contributed by atoms with Crippen molar-refractivity contribution in [1.82, 2.24) is 0 Å². The maximum atomic E-state index is 10.7. The van der Waals surface area contributed by atoms with Crippen LogP contribution in [-0.2, 0) is 19.2 Å². The molecule has 2 atom stereocenters. The van der Waals surface area contributed by atoms with E-state index < -0.39 is 23.9 Å². The van der Waals surface area contributed by atoms with Gasteiger partial charge in [-0.3, -0.25) is 0 Å². The largest absolute Gasteiger partial charge is 2.00 e. The SMILES string of the molecule is CCCCC(CC)C/C(=C/C(=O)[O-])C(=O)[O-].CCCCC(CC)C/C(=C/C(=O)[O-])C(=O)[O-].[Mg+2].[Mg+2]. The van der Waals surface area contributed by atoms with E-state index in [0.29, 0.717) is 12.2 Å². The van der Waals surface area contributed by atoms with Crippen molar-refractivity contribution in [3.63, 3.8) is 0 Å². The summed E-state index contributed by atoms with van der Waals surface area (Å²) in [6.45, 7) is 8.05. The molecule has 0 amide bonds. The first-order valence-electron chi connectivity index (χ1n) is 11.3. The molecule has 0 aromatic carbocycles. The minimum atomic E-state index is -1.48. The normalized spacial score (nSPS) is 12.7. The standard InChI is InChI=1S/2C12H20O4.2Mg/c2*1-3-5-6-9(4-2)7-10(12(15)16)8-11(13)14;;/h2*8-9H,3-7H2,1-2H3,(H,13,14)(H,15,16);;/q;;2*+2/p-4/b2*10-8-;;. The van der Waals surface area contributed by atoms with Crippen molar-refractivity contribution in [2.24, 2.45) is 11.8 Å². The van der Waals surface area contributed by atoms with E-state index >= 15 is 0 Å². The molecule has 0 N–H and O–H groups in total. The Morgan fingerprint density at radius 3 is 1.09 bits per heavy atom. The fraction of sp³-hybridized carbons (Fsp3) is 0.667. The third-order valence-electron chi connectivity index (χ3n) is 5.21. The predicted molar refractivity (Wildman–Crippen MR) is 124 cm³/mol. The third kappa shape index (κ3) is 22.7. The first-order chi connectivity index (χ1) is 15.0. The van der Waals surface area contributed by atoms with Crippen LogP contribution in [0.1, 0.15) is 91.9 Å². The molecule has 0 saturated carbocycles. The molecule has 0 aliphatic carbocycles. The van der Waals surface area contributed by atoms with Gasteiger partial charge in [-0.2, -0.15) is 0 Å². The van der Waals surface area contributed by atoms with Gasteiger partial charge in [-0.25, -0.2) is 0 Å². The minimum absolute atomic E-state index is 0. The zero-order valence-electron chi connectivity index (χ0n) is 21.1. The van der Waals surface area contributed by atoms with Crippen LogP contribution in [0.4, 0.5) is 0 Å². The zero-order valence-corrected chi connectivity index (χ0v) is 23.9. The molecule has 10 heteroatoms. The molecule has 8 nitrogen and oxygen atoms in total. The Labute approximate surface area is 235 Å². The maximum Gasteiger partial charge on any atom is 2.00 e. The summed E-state index contributed by atoms with van der Waals surface area (Å²) in [6.07, 6.45) is 9.34. The fourth-order valence-corrected chi connectivity index (χ4v) is 3.20. The van der Waals surface area contributed by atoms with Crippen LogP contribution >= 0.6 is 0 Å². The average Bonchev–Trinajstić information content (AvgIpc) is 2.72. The van der Waals surface area contributed by atoms with Crippen molar-refractivity contribution in [3.8, 4) is 0 Å². The van der Waals surface area contributed by atoms with Gasteiger partial charge < -0.3 is 39.6 Å². The molecule has 2 unspecified atom stereocenters. The molecule has 0 spiro atoms. The van der Waals surface area contributed by atoms with Crippen molar-refractivity contribution in [2.45, 2.75) is 91.9 Å². The van der Waals surface area contributed by atoms with Crippen molar-refractivity contribution in [1.29, 1.82) is 0 Å². The van der Waals surface area contributed by atoms with Crippen LogP contribution in [-0.4, -0.2) is 70.0 Å². The summed E-state index contributed by atoms with van der Waals surface area (Å²) in [7, 11) is 0. The van der Waals surface area contributed by atoms with Gasteiger partial charge in [0.25, 0.3) is 0 Å². The molecule has 0 saturated heterocycles. The molecule has 184 valence electrons. The van der Waals surface area contributed by atoms with Crippen LogP contribution in [0.25, 0.3) is 0 Å². The van der Waals surface area contributed by atoms with Crippen molar-refractivity contribution in [3.05, 3.63) is 23.3 Å². The number of hydrogen-bond acceptors (Lipinski definition) is 8. The van der Waals surface area contributed by atoms with E-state index in [2.05, 4.69) is 13.8 Å². The van der Waals surface area contributed by atoms with Gasteiger partial charge in [0.1, 0.15) is 0 Å². The van der Waals surface area contributed by atoms with E-state index in [4.69, 9.17) is 0 Å². The van der Waals surface area contributed by atoms with Gasteiger partial charge >= 0.3 is 46.1 Å². The first-order valence-corrected chi connectivity index (χ1v) is 11.3. The number of hydrogen-bond donors (Lipinski definition) is 0. The second kappa shape index (κ2) is 25.0. The average molecular weight is 501 g/mol. The van der Waals surface area contributed by atoms with Gasteiger partial charge in [0.2, 0.25) is 0 Å². The zero-order chi connectivity index (χ0) is 25.1. The van der Waals surface area contributed by atoms with E-state index in [9.17, 15) is 39.6 Å². The summed E-state index contributed by atoms with van der Waals surface area (Å²) in [4.78, 5) is 42.0. The molecule has 0 aromatic rings. The van der Waals surface area contributed by atoms with Gasteiger partial charge in [-0.05, 0) is 48.0 Å². The van der Waals surface area contributed by atoms with Crippen molar-refractivity contribution in [2.75, 3.05) is 0 Å². The van der Waals surface area contributed by atoms with Crippen LogP contribution in [0.5, 0.6) is 0 Å². The molecular weight excluding hydrogens is 465 g/mol. The number of carbonyl (C=O) groups is 4. The summed E-state index contributed by atoms with van der Waals surface area (Å²) >= 11 is 0. The van der Waals surface area contributed by atoms with Gasteiger partial charge in [0, 0.05) is 0 Å². The molecule has 0 bridgehead atoms. The summed E-state index contributed by atoms with van der Waals surface area (Å²) in [6, 6.07) is 0. The summed E-state index contributed by atoms with van der Waals surface area (Å²) in [5.74, 6) is -5.40. The van der Waals surface area contributed by atoms with E-state index in [1.54, 1.807) is 0 Å². The number of carbonyl (C=O) groups excluding carboxylic acids is 4. The van der Waals surface area contributed by atoms with Crippen LogP contribution in [0, 0.1) is 11.8 Å². The molecule has 0 aliphatic heterocycles. The van der Waals surface area contributed by atoms with E-state index in [1.165, 1.54) is 0 Å². The second-order valence-corrected chi connectivity index (χ2v) is 7.79. The Morgan fingerprint density at radius 1 is 0.618 bits per heavy atom.